The lowest BCUT2D eigenvalue weighted by Crippen LogP contribution is -2.53. The third kappa shape index (κ3) is 7.86. The van der Waals surface area contributed by atoms with E-state index in [1.807, 2.05) is 37.3 Å². The molecule has 4 aromatic rings. The second kappa shape index (κ2) is 14.7. The van der Waals surface area contributed by atoms with E-state index >= 15 is 0 Å². The van der Waals surface area contributed by atoms with Gasteiger partial charge in [-0.2, -0.15) is 0 Å². The fourth-order valence-electron chi connectivity index (χ4n) is 4.59. The number of hydrogen-bond donors (Lipinski definition) is 1. The van der Waals surface area contributed by atoms with Crippen LogP contribution in [0.2, 0.25) is 20.1 Å². The molecule has 12 heteroatoms. The Labute approximate surface area is 277 Å². The van der Waals surface area contributed by atoms with Crippen LogP contribution >= 0.6 is 46.4 Å². The molecule has 230 valence electrons. The van der Waals surface area contributed by atoms with Crippen LogP contribution in [0.3, 0.4) is 0 Å². The molecule has 0 unspecified atom stereocenters. The van der Waals surface area contributed by atoms with Crippen molar-refractivity contribution >= 4 is 73.9 Å². The first kappa shape index (κ1) is 33.6. The maximum atomic E-state index is 14.4. The number of aryl methyl sites for hydroxylation is 1. The van der Waals surface area contributed by atoms with Crippen molar-refractivity contribution in [2.75, 3.05) is 17.9 Å². The second-order valence-electron chi connectivity index (χ2n) is 9.99. The number of amides is 2. The number of halogens is 4. The van der Waals surface area contributed by atoms with Crippen molar-refractivity contribution in [2.24, 2.45) is 0 Å². The van der Waals surface area contributed by atoms with E-state index in [1.165, 1.54) is 36.2 Å². The Morgan fingerprint density at radius 1 is 0.795 bits per heavy atom. The molecule has 0 spiro atoms. The van der Waals surface area contributed by atoms with E-state index < -0.39 is 34.4 Å². The Morgan fingerprint density at radius 2 is 1.48 bits per heavy atom. The molecule has 4 rings (SSSR count). The first-order valence-electron chi connectivity index (χ1n) is 13.4. The van der Waals surface area contributed by atoms with Crippen LogP contribution in [0.1, 0.15) is 16.7 Å². The molecule has 0 fully saturated rings. The highest BCUT2D eigenvalue weighted by molar-refractivity contribution is 7.92. The van der Waals surface area contributed by atoms with Gasteiger partial charge in [-0.1, -0.05) is 107 Å². The molecule has 0 saturated heterocycles. The molecular formula is C32H29Cl4N3O4S. The molecule has 7 nitrogen and oxygen atoms in total. The van der Waals surface area contributed by atoms with Gasteiger partial charge < -0.3 is 10.2 Å². The standard InChI is InChI=1S/C32H29Cl4N3O4S/c1-21-11-14-24(15-12-21)44(42,43)39(28-10-6-9-26(34)31(28)36)20-30(40)38(19-23-13-16-25(33)27(35)17-23)29(32(41)37-2)18-22-7-4-3-5-8-22/h3-17,29H,18-20H2,1-2H3,(H,37,41)/t29-/m1/s1. The lowest BCUT2D eigenvalue weighted by Gasteiger charge is -2.34. The molecule has 0 aliphatic carbocycles. The van der Waals surface area contributed by atoms with Gasteiger partial charge in [0.25, 0.3) is 10.0 Å². The molecule has 0 saturated carbocycles. The number of rotatable bonds is 11. The summed E-state index contributed by atoms with van der Waals surface area (Å²) in [6.45, 7) is 1.08. The summed E-state index contributed by atoms with van der Waals surface area (Å²) in [5, 5.41) is 3.30. The molecule has 0 radical (unpaired) electrons. The van der Waals surface area contributed by atoms with Gasteiger partial charge in [-0.25, -0.2) is 8.42 Å². The lowest BCUT2D eigenvalue weighted by atomic mass is 10.0. The van der Waals surface area contributed by atoms with Crippen molar-refractivity contribution < 1.29 is 18.0 Å². The SMILES string of the molecule is CNC(=O)[C@@H](Cc1ccccc1)N(Cc1ccc(Cl)c(Cl)c1)C(=O)CN(c1cccc(Cl)c1Cl)S(=O)(=O)c1ccc(C)cc1. The fourth-order valence-corrected chi connectivity index (χ4v) is 6.79. The van der Waals surface area contributed by atoms with Crippen LogP contribution < -0.4 is 9.62 Å². The molecule has 0 bridgehead atoms. The number of carbonyl (C=O) groups is 2. The van der Waals surface area contributed by atoms with Crippen LogP contribution in [0, 0.1) is 6.92 Å². The van der Waals surface area contributed by atoms with Gasteiger partial charge in [0.1, 0.15) is 12.6 Å². The minimum Gasteiger partial charge on any atom is -0.357 e. The van der Waals surface area contributed by atoms with E-state index in [2.05, 4.69) is 5.32 Å². The van der Waals surface area contributed by atoms with Crippen LogP contribution in [-0.4, -0.2) is 44.8 Å². The molecule has 1 atom stereocenters. The van der Waals surface area contributed by atoms with E-state index in [1.54, 1.807) is 36.4 Å². The van der Waals surface area contributed by atoms with E-state index in [0.29, 0.717) is 10.6 Å². The second-order valence-corrected chi connectivity index (χ2v) is 13.4. The van der Waals surface area contributed by atoms with Crippen molar-refractivity contribution in [3.8, 4) is 0 Å². The van der Waals surface area contributed by atoms with Crippen LogP contribution in [0.15, 0.2) is 95.9 Å². The summed E-state index contributed by atoms with van der Waals surface area (Å²) >= 11 is 25.2. The van der Waals surface area contributed by atoms with Gasteiger partial charge in [-0.3, -0.25) is 13.9 Å². The van der Waals surface area contributed by atoms with Crippen molar-refractivity contribution in [1.29, 1.82) is 0 Å². The number of likely N-dealkylation sites (N-methyl/N-ethyl adjacent to an activating group) is 1. The third-order valence-corrected chi connectivity index (χ3v) is 10.3. The first-order valence-corrected chi connectivity index (χ1v) is 16.4. The number of sulfonamides is 1. The molecule has 0 aromatic heterocycles. The van der Waals surface area contributed by atoms with Crippen LogP contribution in [0.4, 0.5) is 5.69 Å². The number of nitrogens with one attached hydrogen (secondary N) is 1. The summed E-state index contributed by atoms with van der Waals surface area (Å²) in [4.78, 5) is 29.0. The Bertz CT molecular complexity index is 1750. The van der Waals surface area contributed by atoms with Gasteiger partial charge in [-0.15, -0.1) is 0 Å². The van der Waals surface area contributed by atoms with Crippen LogP contribution in [-0.2, 0) is 32.6 Å². The van der Waals surface area contributed by atoms with Gasteiger partial charge in [0.05, 0.1) is 30.7 Å². The van der Waals surface area contributed by atoms with Crippen molar-refractivity contribution in [3.05, 3.63) is 128 Å². The molecule has 1 N–H and O–H groups in total. The first-order chi connectivity index (χ1) is 20.9. The maximum Gasteiger partial charge on any atom is 0.264 e. The minimum atomic E-state index is -4.33. The minimum absolute atomic E-state index is 0.0159. The Kier molecular flexibility index (Phi) is 11.2. The Balaban J connectivity index is 1.83. The summed E-state index contributed by atoms with van der Waals surface area (Å²) in [6.07, 6.45) is 0.163. The summed E-state index contributed by atoms with van der Waals surface area (Å²) in [7, 11) is -2.86. The summed E-state index contributed by atoms with van der Waals surface area (Å²) in [5.41, 5.74) is 2.26. The molecule has 0 heterocycles. The fraction of sp³-hybridized carbons (Fsp3) is 0.188. The van der Waals surface area contributed by atoms with Gasteiger partial charge in [0.2, 0.25) is 11.8 Å². The molecule has 4 aromatic carbocycles. The molecule has 44 heavy (non-hydrogen) atoms. The monoisotopic (exact) mass is 691 g/mol. The average Bonchev–Trinajstić information content (AvgIpc) is 3.01. The topological polar surface area (TPSA) is 86.8 Å². The van der Waals surface area contributed by atoms with E-state index in [9.17, 15) is 18.0 Å². The zero-order chi connectivity index (χ0) is 32.0. The van der Waals surface area contributed by atoms with E-state index in [0.717, 1.165) is 15.4 Å². The third-order valence-electron chi connectivity index (χ3n) is 6.94. The zero-order valence-electron chi connectivity index (χ0n) is 23.8. The Hall–Kier alpha value is -3.27. The van der Waals surface area contributed by atoms with Crippen molar-refractivity contribution in [2.45, 2.75) is 30.8 Å². The number of benzene rings is 4. The maximum absolute atomic E-state index is 14.4. The number of carbonyl (C=O) groups excluding carboxylic acids is 2. The highest BCUT2D eigenvalue weighted by Crippen LogP contribution is 2.36. The number of hydrogen-bond acceptors (Lipinski definition) is 4. The Morgan fingerprint density at radius 3 is 2.11 bits per heavy atom. The lowest BCUT2D eigenvalue weighted by molar-refractivity contribution is -0.139. The highest BCUT2D eigenvalue weighted by Gasteiger charge is 2.35. The molecule has 2 amide bonds. The zero-order valence-corrected chi connectivity index (χ0v) is 27.6. The van der Waals surface area contributed by atoms with Gasteiger partial charge >= 0.3 is 0 Å². The molecular weight excluding hydrogens is 664 g/mol. The number of nitrogens with zero attached hydrogens (tertiary/aromatic N) is 2. The smallest absolute Gasteiger partial charge is 0.264 e. The number of anilines is 1. The van der Waals surface area contributed by atoms with Crippen LogP contribution in [0.5, 0.6) is 0 Å². The van der Waals surface area contributed by atoms with Gasteiger partial charge in [0.15, 0.2) is 0 Å². The van der Waals surface area contributed by atoms with Crippen molar-refractivity contribution in [1.82, 2.24) is 10.2 Å². The quantitative estimate of drug-likeness (QED) is 0.180. The molecule has 0 aliphatic heterocycles. The largest absolute Gasteiger partial charge is 0.357 e. The van der Waals surface area contributed by atoms with E-state index in [-0.39, 0.29) is 38.6 Å². The predicted octanol–water partition coefficient (Wildman–Crippen LogP) is 7.19. The average molecular weight is 693 g/mol. The van der Waals surface area contributed by atoms with Crippen molar-refractivity contribution in [3.63, 3.8) is 0 Å². The summed E-state index contributed by atoms with van der Waals surface area (Å²) < 4.78 is 29.1. The summed E-state index contributed by atoms with van der Waals surface area (Å²) in [6, 6.07) is 23.8. The predicted molar refractivity (Wildman–Crippen MR) is 177 cm³/mol. The van der Waals surface area contributed by atoms with Gasteiger partial charge in [0, 0.05) is 20.0 Å². The summed E-state index contributed by atoms with van der Waals surface area (Å²) in [5.74, 6) is -1.09. The van der Waals surface area contributed by atoms with Gasteiger partial charge in [-0.05, 0) is 54.4 Å². The van der Waals surface area contributed by atoms with Crippen LogP contribution in [0.25, 0.3) is 0 Å². The highest BCUT2D eigenvalue weighted by atomic mass is 35.5. The normalized spacial score (nSPS) is 12.0. The van der Waals surface area contributed by atoms with E-state index in [4.69, 9.17) is 46.4 Å². The molecule has 0 aliphatic rings.